The first-order chi connectivity index (χ1) is 5.47. The molecule has 0 amide bonds. The molecule has 0 saturated heterocycles. The van der Waals surface area contributed by atoms with Crippen molar-refractivity contribution < 1.29 is 13.5 Å². The van der Waals surface area contributed by atoms with Crippen LogP contribution in [0.3, 0.4) is 0 Å². The molecule has 0 aromatic carbocycles. The van der Waals surface area contributed by atoms with E-state index in [1.54, 1.807) is 6.08 Å². The van der Waals surface area contributed by atoms with Crippen molar-refractivity contribution in [2.75, 3.05) is 0 Å². The SMILES string of the molecule is C[C@H]1CC=C(OC(C)(F)F)CC1. The van der Waals surface area contributed by atoms with Crippen molar-refractivity contribution in [3.63, 3.8) is 0 Å². The molecule has 0 aromatic heterocycles. The molecule has 0 spiro atoms. The molecule has 12 heavy (non-hydrogen) atoms. The highest BCUT2D eigenvalue weighted by Crippen LogP contribution is 2.28. The maximum absolute atomic E-state index is 12.3. The molecule has 0 radical (unpaired) electrons. The summed E-state index contributed by atoms with van der Waals surface area (Å²) in [5.74, 6) is 1.04. The molecule has 1 nitrogen and oxygen atoms in total. The van der Waals surface area contributed by atoms with E-state index in [1.807, 2.05) is 0 Å². The molecule has 0 N–H and O–H groups in total. The largest absolute Gasteiger partial charge is 0.438 e. The molecule has 1 aliphatic rings. The maximum atomic E-state index is 12.3. The summed E-state index contributed by atoms with van der Waals surface area (Å²) in [6.07, 6.45) is 1.19. The van der Waals surface area contributed by atoms with E-state index >= 15 is 0 Å². The van der Waals surface area contributed by atoms with Crippen LogP contribution < -0.4 is 0 Å². The minimum atomic E-state index is -3.02. The summed E-state index contributed by atoms with van der Waals surface area (Å²) in [6, 6.07) is 0. The van der Waals surface area contributed by atoms with Crippen LogP contribution >= 0.6 is 0 Å². The summed E-state index contributed by atoms with van der Waals surface area (Å²) in [7, 11) is 0. The third-order valence-electron chi connectivity index (χ3n) is 1.94. The van der Waals surface area contributed by atoms with Crippen LogP contribution in [-0.2, 0) is 4.74 Å². The van der Waals surface area contributed by atoms with Gasteiger partial charge in [-0.3, -0.25) is 0 Å². The highest BCUT2D eigenvalue weighted by molar-refractivity contribution is 4.98. The van der Waals surface area contributed by atoms with Gasteiger partial charge in [-0.2, -0.15) is 8.78 Å². The second-order valence-electron chi connectivity index (χ2n) is 3.46. The Bertz CT molecular complexity index is 181. The highest BCUT2D eigenvalue weighted by atomic mass is 19.3. The van der Waals surface area contributed by atoms with Crippen molar-refractivity contribution in [1.82, 2.24) is 0 Å². The lowest BCUT2D eigenvalue weighted by atomic mass is 9.95. The monoisotopic (exact) mass is 176 g/mol. The van der Waals surface area contributed by atoms with Crippen LogP contribution in [-0.4, -0.2) is 6.11 Å². The molecular weight excluding hydrogens is 162 g/mol. The fourth-order valence-electron chi connectivity index (χ4n) is 1.26. The van der Waals surface area contributed by atoms with E-state index in [-0.39, 0.29) is 0 Å². The van der Waals surface area contributed by atoms with Crippen molar-refractivity contribution in [3.8, 4) is 0 Å². The summed E-state index contributed by atoms with van der Waals surface area (Å²) >= 11 is 0. The summed E-state index contributed by atoms with van der Waals surface area (Å²) < 4.78 is 29.1. The van der Waals surface area contributed by atoms with Gasteiger partial charge < -0.3 is 4.74 Å². The molecule has 1 aliphatic carbocycles. The quantitative estimate of drug-likeness (QED) is 0.627. The van der Waals surface area contributed by atoms with Crippen LogP contribution in [0.25, 0.3) is 0 Å². The Morgan fingerprint density at radius 3 is 2.67 bits per heavy atom. The molecule has 0 bridgehead atoms. The molecule has 0 aromatic rings. The summed E-state index contributed by atoms with van der Waals surface area (Å²) in [5.41, 5.74) is 0. The van der Waals surface area contributed by atoms with Crippen molar-refractivity contribution in [2.24, 2.45) is 5.92 Å². The molecule has 1 rings (SSSR count). The first-order valence-electron chi connectivity index (χ1n) is 4.23. The van der Waals surface area contributed by atoms with Crippen molar-refractivity contribution in [2.45, 2.75) is 39.2 Å². The molecule has 0 fully saturated rings. The number of hydrogen-bond donors (Lipinski definition) is 0. The lowest BCUT2D eigenvalue weighted by Gasteiger charge is -2.21. The number of alkyl halides is 2. The molecule has 70 valence electrons. The Labute approximate surface area is 71.4 Å². The van der Waals surface area contributed by atoms with Crippen LogP contribution in [0.15, 0.2) is 11.8 Å². The number of halogens is 2. The Kier molecular flexibility index (Phi) is 2.70. The molecule has 3 heteroatoms. The Morgan fingerprint density at radius 2 is 2.25 bits per heavy atom. The third kappa shape index (κ3) is 3.20. The molecule has 0 aliphatic heterocycles. The lowest BCUT2D eigenvalue weighted by molar-refractivity contribution is -0.200. The van der Waals surface area contributed by atoms with Crippen molar-refractivity contribution in [1.29, 1.82) is 0 Å². The lowest BCUT2D eigenvalue weighted by Crippen LogP contribution is -2.16. The summed E-state index contributed by atoms with van der Waals surface area (Å²) in [6.45, 7) is 2.88. The van der Waals surface area contributed by atoms with Gasteiger partial charge >= 0.3 is 6.11 Å². The molecule has 0 heterocycles. The summed E-state index contributed by atoms with van der Waals surface area (Å²) in [5, 5.41) is 0. The predicted octanol–water partition coefficient (Wildman–Crippen LogP) is 3.32. The second kappa shape index (κ2) is 3.42. The normalized spacial score (nSPS) is 25.0. The Morgan fingerprint density at radius 1 is 1.58 bits per heavy atom. The van der Waals surface area contributed by atoms with Gasteiger partial charge in [-0.05, 0) is 24.8 Å². The smallest absolute Gasteiger partial charge is 0.394 e. The predicted molar refractivity (Wildman–Crippen MR) is 42.8 cm³/mol. The Balaban J connectivity index is 2.44. The minimum Gasteiger partial charge on any atom is -0.438 e. The highest BCUT2D eigenvalue weighted by Gasteiger charge is 2.25. The van der Waals surface area contributed by atoms with E-state index in [9.17, 15) is 8.78 Å². The van der Waals surface area contributed by atoms with Crippen molar-refractivity contribution in [3.05, 3.63) is 11.8 Å². The minimum absolute atomic E-state index is 0.445. The van der Waals surface area contributed by atoms with E-state index in [1.165, 1.54) is 0 Å². The van der Waals surface area contributed by atoms with Crippen LogP contribution in [0.4, 0.5) is 8.78 Å². The number of ether oxygens (including phenoxy) is 1. The van der Waals surface area contributed by atoms with Gasteiger partial charge in [-0.15, -0.1) is 0 Å². The second-order valence-corrected chi connectivity index (χ2v) is 3.46. The molecule has 1 atom stereocenters. The van der Waals surface area contributed by atoms with E-state index < -0.39 is 6.11 Å². The van der Waals surface area contributed by atoms with Gasteiger partial charge in [-0.25, -0.2) is 0 Å². The van der Waals surface area contributed by atoms with E-state index in [0.717, 1.165) is 19.8 Å². The average Bonchev–Trinajstić information content (AvgIpc) is 1.91. The van der Waals surface area contributed by atoms with Gasteiger partial charge in [0, 0.05) is 13.3 Å². The molecular formula is C9H14F2O. The standard InChI is InChI=1S/C9H14F2O/c1-7-3-5-8(6-4-7)12-9(2,10)11/h5,7H,3-4,6H2,1-2H3/t7-/m0/s1. The zero-order chi connectivity index (χ0) is 9.19. The van der Waals surface area contributed by atoms with Gasteiger partial charge in [0.25, 0.3) is 0 Å². The van der Waals surface area contributed by atoms with Crippen molar-refractivity contribution >= 4 is 0 Å². The fourth-order valence-corrected chi connectivity index (χ4v) is 1.26. The third-order valence-corrected chi connectivity index (χ3v) is 1.94. The van der Waals surface area contributed by atoms with Gasteiger partial charge in [0.2, 0.25) is 0 Å². The maximum Gasteiger partial charge on any atom is 0.394 e. The molecule has 0 unspecified atom stereocenters. The fraction of sp³-hybridized carbons (Fsp3) is 0.778. The first-order valence-corrected chi connectivity index (χ1v) is 4.23. The van der Waals surface area contributed by atoms with Crippen LogP contribution in [0, 0.1) is 5.92 Å². The van der Waals surface area contributed by atoms with Gasteiger partial charge in [0.05, 0.1) is 5.76 Å². The van der Waals surface area contributed by atoms with E-state index in [0.29, 0.717) is 18.1 Å². The number of hydrogen-bond acceptors (Lipinski definition) is 1. The zero-order valence-corrected chi connectivity index (χ0v) is 7.44. The zero-order valence-electron chi connectivity index (χ0n) is 7.44. The average molecular weight is 176 g/mol. The first kappa shape index (κ1) is 9.49. The Hall–Kier alpha value is -0.600. The van der Waals surface area contributed by atoms with Crippen LogP contribution in [0.5, 0.6) is 0 Å². The molecule has 0 saturated carbocycles. The number of allylic oxidation sites excluding steroid dienone is 2. The topological polar surface area (TPSA) is 9.23 Å². The van der Waals surface area contributed by atoms with Gasteiger partial charge in [-0.1, -0.05) is 6.92 Å². The number of rotatable bonds is 2. The van der Waals surface area contributed by atoms with E-state index in [4.69, 9.17) is 0 Å². The van der Waals surface area contributed by atoms with Crippen LogP contribution in [0.2, 0.25) is 0 Å². The van der Waals surface area contributed by atoms with Crippen LogP contribution in [0.1, 0.15) is 33.1 Å². The van der Waals surface area contributed by atoms with E-state index in [2.05, 4.69) is 11.7 Å². The van der Waals surface area contributed by atoms with Gasteiger partial charge in [0.15, 0.2) is 0 Å². The van der Waals surface area contributed by atoms with Gasteiger partial charge in [0.1, 0.15) is 0 Å². The summed E-state index contributed by atoms with van der Waals surface area (Å²) in [4.78, 5) is 0.